The molecule has 2 amide bonds. The number of carbonyl (C=O) groups excluding carboxylic acids is 6. The van der Waals surface area contributed by atoms with Crippen molar-refractivity contribution in [3.05, 3.63) is 53.1 Å². The first kappa shape index (κ1) is 62.0. The zero-order valence-electron chi connectivity index (χ0n) is 37.3. The maximum Gasteiger partial charge on any atom is 0.241 e. The van der Waals surface area contributed by atoms with Crippen molar-refractivity contribution in [2.75, 3.05) is 89.4 Å². The van der Waals surface area contributed by atoms with Crippen LogP contribution in [0.4, 0.5) is 17.1 Å². The summed E-state index contributed by atoms with van der Waals surface area (Å²) in [5.74, 6) is 2.53. The molecule has 3 aromatic rings. The molecular formula is C47H66Br2ClN5O14. The number of benzene rings is 3. The van der Waals surface area contributed by atoms with Gasteiger partial charge in [-0.25, -0.2) is 0 Å². The van der Waals surface area contributed by atoms with Crippen molar-refractivity contribution in [1.29, 1.82) is 0 Å². The van der Waals surface area contributed by atoms with E-state index in [9.17, 15) is 28.8 Å². The van der Waals surface area contributed by atoms with Crippen LogP contribution < -0.4 is 50.1 Å². The first-order valence-corrected chi connectivity index (χ1v) is 22.9. The quantitative estimate of drug-likeness (QED) is 0.0690. The fourth-order valence-electron chi connectivity index (χ4n) is 6.05. The summed E-state index contributed by atoms with van der Waals surface area (Å²) in [6.07, 6.45) is 0. The number of hydrogen-bond acceptors (Lipinski definition) is 17. The topological polar surface area (TPSA) is 242 Å². The van der Waals surface area contributed by atoms with E-state index in [1.54, 1.807) is 50.2 Å². The Bertz CT molecular complexity index is 2210. The number of Topliss-reactive ketones (excluding diaryl/α,β-unsaturated/α-hetero) is 3. The molecule has 0 aromatic heterocycles. The van der Waals surface area contributed by atoms with Gasteiger partial charge >= 0.3 is 0 Å². The molecule has 0 radical (unpaired) electrons. The van der Waals surface area contributed by atoms with Crippen LogP contribution in [0.15, 0.2) is 36.4 Å². The minimum Gasteiger partial charge on any atom is -0.454 e. The molecule has 0 aliphatic carbocycles. The van der Waals surface area contributed by atoms with Crippen LogP contribution in [0.3, 0.4) is 0 Å². The molecule has 384 valence electrons. The van der Waals surface area contributed by atoms with Crippen LogP contribution in [0.1, 0.15) is 94.9 Å². The number of amides is 2. The van der Waals surface area contributed by atoms with Crippen molar-refractivity contribution in [3.63, 3.8) is 0 Å². The first-order valence-electron chi connectivity index (χ1n) is 20.7. The second kappa shape index (κ2) is 30.5. The number of nitrogens with one attached hydrogen (secondary N) is 3. The molecule has 2 fully saturated rings. The van der Waals surface area contributed by atoms with Crippen molar-refractivity contribution >= 4 is 94.9 Å². The highest BCUT2D eigenvalue weighted by Gasteiger charge is 2.26. The number of carbonyl (C=O) groups is 6. The molecule has 0 spiro atoms. The van der Waals surface area contributed by atoms with Gasteiger partial charge in [0.05, 0.1) is 53.5 Å². The molecule has 5 N–H and O–H groups in total. The van der Waals surface area contributed by atoms with Crippen LogP contribution in [-0.2, 0) is 23.9 Å². The lowest BCUT2D eigenvalue weighted by Crippen LogP contribution is -2.47. The number of nitrogens with zero attached hydrogens (tertiary/aromatic N) is 1. The average molecular weight is 1120 g/mol. The van der Waals surface area contributed by atoms with Gasteiger partial charge in [-0.1, -0.05) is 54.1 Å². The van der Waals surface area contributed by atoms with Crippen LogP contribution in [0.25, 0.3) is 0 Å². The summed E-state index contributed by atoms with van der Waals surface area (Å²) in [7, 11) is 0. The maximum atomic E-state index is 12.5. The fourth-order valence-corrected chi connectivity index (χ4v) is 6.17. The van der Waals surface area contributed by atoms with Crippen LogP contribution in [0, 0.1) is 0 Å². The van der Waals surface area contributed by atoms with E-state index in [-0.39, 0.29) is 92.8 Å². The number of morpholine rings is 2. The predicted octanol–water partition coefficient (Wildman–Crippen LogP) is 7.87. The lowest BCUT2D eigenvalue weighted by atomic mass is 10.1. The van der Waals surface area contributed by atoms with E-state index in [0.29, 0.717) is 81.5 Å². The third kappa shape index (κ3) is 19.0. The molecule has 8 rings (SSSR count). The zero-order valence-corrected chi connectivity index (χ0v) is 41.3. The molecule has 5 aliphatic rings. The highest BCUT2D eigenvalue weighted by molar-refractivity contribution is 9.10. The van der Waals surface area contributed by atoms with E-state index in [0.717, 1.165) is 39.4 Å². The second-order valence-corrected chi connectivity index (χ2v) is 17.8. The van der Waals surface area contributed by atoms with Crippen LogP contribution in [0.2, 0.25) is 0 Å². The van der Waals surface area contributed by atoms with Gasteiger partial charge < -0.3 is 59.6 Å². The van der Waals surface area contributed by atoms with Crippen molar-refractivity contribution in [3.8, 4) is 34.5 Å². The number of rotatable bonds is 9. The maximum absolute atomic E-state index is 12.5. The Morgan fingerprint density at radius 2 is 0.928 bits per heavy atom. The van der Waals surface area contributed by atoms with E-state index in [4.69, 9.17) is 55.2 Å². The van der Waals surface area contributed by atoms with E-state index in [2.05, 4.69) is 52.7 Å². The largest absolute Gasteiger partial charge is 0.454 e. The van der Waals surface area contributed by atoms with E-state index in [1.165, 1.54) is 20.8 Å². The zero-order chi connectivity index (χ0) is 48.5. The van der Waals surface area contributed by atoms with Crippen LogP contribution >= 0.6 is 43.5 Å². The number of anilines is 3. The van der Waals surface area contributed by atoms with Gasteiger partial charge in [0.25, 0.3) is 0 Å². The highest BCUT2D eigenvalue weighted by atomic mass is 79.9. The van der Waals surface area contributed by atoms with Crippen molar-refractivity contribution < 1.29 is 66.7 Å². The summed E-state index contributed by atoms with van der Waals surface area (Å²) in [6, 6.07) is 9.36. The molecule has 3 aromatic carbocycles. The Hall–Kier alpha value is -5.03. The van der Waals surface area contributed by atoms with Gasteiger partial charge in [0.2, 0.25) is 37.4 Å². The van der Waals surface area contributed by atoms with Crippen LogP contribution in [-0.4, -0.2) is 128 Å². The number of fused-ring (bicyclic) bond motifs is 3. The molecule has 69 heavy (non-hydrogen) atoms. The van der Waals surface area contributed by atoms with Gasteiger partial charge in [0, 0.05) is 66.8 Å². The number of alkyl halides is 2. The van der Waals surface area contributed by atoms with Gasteiger partial charge in [-0.05, 0) is 71.3 Å². The Morgan fingerprint density at radius 3 is 1.26 bits per heavy atom. The third-order valence-electron chi connectivity index (χ3n) is 9.72. The van der Waals surface area contributed by atoms with Crippen molar-refractivity contribution in [2.24, 2.45) is 0 Å². The number of hydrogen-bond donors (Lipinski definition) is 4. The van der Waals surface area contributed by atoms with E-state index < -0.39 is 0 Å². The van der Waals surface area contributed by atoms with Gasteiger partial charge in [0.15, 0.2) is 51.8 Å². The smallest absolute Gasteiger partial charge is 0.241 e. The lowest BCUT2D eigenvalue weighted by Gasteiger charge is -2.31. The summed E-state index contributed by atoms with van der Waals surface area (Å²) in [5.41, 5.74) is 8.24. The molecule has 0 bridgehead atoms. The van der Waals surface area contributed by atoms with E-state index in [1.807, 2.05) is 6.92 Å². The normalized spacial score (nSPS) is 15.6. The van der Waals surface area contributed by atoms with Crippen molar-refractivity contribution in [2.45, 2.75) is 79.5 Å². The molecule has 5 aliphatic heterocycles. The monoisotopic (exact) mass is 1120 g/mol. The SMILES string of the molecule is C.C.C.C1COCCN1.CC(=O)c1cc2c(cc1N)OCO2.CC(=O)c1cc2c(cc1NC(=O)C(C)Br)OCO2.CC(=O)c1cc2c(cc1NC(=O)C(C)N1CCOCC1)OCO2.CC(Br)C(=O)Cl. The summed E-state index contributed by atoms with van der Waals surface area (Å²) in [4.78, 5) is 70.0. The molecule has 3 atom stereocenters. The summed E-state index contributed by atoms with van der Waals surface area (Å²) >= 11 is 11.1. The van der Waals surface area contributed by atoms with Gasteiger partial charge in [-0.2, -0.15) is 0 Å². The molecule has 5 heterocycles. The summed E-state index contributed by atoms with van der Waals surface area (Å²) < 4.78 is 41.5. The predicted molar refractivity (Wildman–Crippen MR) is 273 cm³/mol. The van der Waals surface area contributed by atoms with Gasteiger partial charge in [0.1, 0.15) is 0 Å². The summed E-state index contributed by atoms with van der Waals surface area (Å²) in [5, 5.41) is 8.33. The third-order valence-corrected chi connectivity index (χ3v) is 11.1. The van der Waals surface area contributed by atoms with Gasteiger partial charge in [-0.3, -0.25) is 33.7 Å². The Morgan fingerprint density at radius 1 is 0.580 bits per heavy atom. The highest BCUT2D eigenvalue weighted by Crippen LogP contribution is 2.39. The molecule has 22 heteroatoms. The minimum atomic E-state index is -0.352. The number of halogens is 3. The van der Waals surface area contributed by atoms with Crippen LogP contribution in [0.5, 0.6) is 34.5 Å². The fraction of sp³-hybridized carbons (Fsp3) is 0.489. The second-order valence-electron chi connectivity index (χ2n) is 14.7. The Balaban J connectivity index is 0.000000463. The summed E-state index contributed by atoms with van der Waals surface area (Å²) in [6.45, 7) is 16.5. The minimum absolute atomic E-state index is 0. The molecular weight excluding hydrogens is 1050 g/mol. The molecule has 2 saturated heterocycles. The number of nitrogens with two attached hydrogens (primary N) is 1. The van der Waals surface area contributed by atoms with Gasteiger partial charge in [-0.15, -0.1) is 0 Å². The molecule has 0 saturated carbocycles. The molecule has 3 unspecified atom stereocenters. The first-order chi connectivity index (χ1) is 31.4. The number of ether oxygens (including phenoxy) is 8. The lowest BCUT2D eigenvalue weighted by molar-refractivity contribution is -0.122. The number of nitrogen functional groups attached to an aromatic ring is 1. The van der Waals surface area contributed by atoms with Crippen molar-refractivity contribution in [1.82, 2.24) is 10.2 Å². The Kier molecular flexibility index (Phi) is 27.4. The standard InChI is InChI=1S/C16H20N2O5.C12H12BrNO4.C9H9NO3.C4H9NO.C3H4BrClO.3CH4/c1-10(18-3-5-21-6-4-18)16(20)17-13-8-15-14(22-9-23-15)7-12(13)11(2)19;1-6(13)12(16)14-9-4-11-10(17-5-18-11)3-8(9)7(2)15;1-5(11)6-2-8-9(3-7(6)10)13-4-12-8;1-3-6-4-2-5-1;1-2(4)3(5)6;;;/h7-8,10H,3-6,9H2,1-2H3,(H,17,20);3-4,6H,5H2,1-2H3,(H,14,16);2-3H,4,10H2,1H3;5H,1-4H2;2H,1H3;3*1H4. The molecule has 19 nitrogen and oxygen atoms in total. The average Bonchev–Trinajstić information content (AvgIpc) is 4.08. The Labute approximate surface area is 426 Å². The number of ketones is 3. The van der Waals surface area contributed by atoms with E-state index >= 15 is 0 Å².